The average molecular weight is 348 g/mol. The molecule has 128 valence electrons. The maximum Gasteiger partial charge on any atom is 0.261 e. The molecule has 7 heteroatoms. The van der Waals surface area contributed by atoms with Crippen molar-refractivity contribution in [1.82, 2.24) is 5.32 Å². The summed E-state index contributed by atoms with van der Waals surface area (Å²) in [4.78, 5) is 11.0. The lowest BCUT2D eigenvalue weighted by atomic mass is 10.2. The second-order valence-electron chi connectivity index (χ2n) is 5.28. The monoisotopic (exact) mass is 348 g/mol. The largest absolute Gasteiger partial charge is 0.492 e. The quantitative estimate of drug-likeness (QED) is 0.752. The maximum absolute atomic E-state index is 12.4. The van der Waals surface area contributed by atoms with Crippen LogP contribution in [0.2, 0.25) is 0 Å². The summed E-state index contributed by atoms with van der Waals surface area (Å²) in [6.45, 7) is 4.01. The van der Waals surface area contributed by atoms with Crippen molar-refractivity contribution in [3.05, 3.63) is 54.1 Å². The normalized spacial score (nSPS) is 10.9. The third-order valence-electron chi connectivity index (χ3n) is 3.16. The van der Waals surface area contributed by atoms with Gasteiger partial charge >= 0.3 is 0 Å². The Labute approximate surface area is 141 Å². The standard InChI is InChI=1S/C17H20N2O4S/c1-13-6-8-17(9-7-13)24(21,22)19-15-4-3-5-16(12-15)23-11-10-18-14(2)20/h3-9,12,19H,10-11H2,1-2H3,(H,18,20). The molecule has 0 radical (unpaired) electrons. The smallest absolute Gasteiger partial charge is 0.261 e. The third-order valence-corrected chi connectivity index (χ3v) is 4.56. The summed E-state index contributed by atoms with van der Waals surface area (Å²) >= 11 is 0. The summed E-state index contributed by atoms with van der Waals surface area (Å²) in [6, 6.07) is 13.3. The number of benzene rings is 2. The molecular weight excluding hydrogens is 328 g/mol. The van der Waals surface area contributed by atoms with Crippen LogP contribution in [0.25, 0.3) is 0 Å². The molecule has 2 rings (SSSR count). The summed E-state index contributed by atoms with van der Waals surface area (Å²) in [5.74, 6) is 0.391. The van der Waals surface area contributed by atoms with E-state index in [0.717, 1.165) is 5.56 Å². The molecule has 0 bridgehead atoms. The van der Waals surface area contributed by atoms with E-state index in [1.165, 1.54) is 6.92 Å². The first-order chi connectivity index (χ1) is 11.4. The van der Waals surface area contributed by atoms with Gasteiger partial charge in [-0.15, -0.1) is 0 Å². The van der Waals surface area contributed by atoms with Gasteiger partial charge in [0.15, 0.2) is 0 Å². The molecule has 0 unspecified atom stereocenters. The molecule has 0 aliphatic rings. The first kappa shape index (κ1) is 17.8. The second kappa shape index (κ2) is 7.83. The highest BCUT2D eigenvalue weighted by Gasteiger charge is 2.14. The Balaban J connectivity index is 2.03. The predicted octanol–water partition coefficient (Wildman–Crippen LogP) is 2.31. The van der Waals surface area contributed by atoms with E-state index in [-0.39, 0.29) is 10.8 Å². The Morgan fingerprint density at radius 3 is 2.50 bits per heavy atom. The third kappa shape index (κ3) is 5.27. The summed E-state index contributed by atoms with van der Waals surface area (Å²) < 4.78 is 32.7. The molecule has 0 aliphatic carbocycles. The highest BCUT2D eigenvalue weighted by molar-refractivity contribution is 7.92. The zero-order valence-corrected chi connectivity index (χ0v) is 14.4. The lowest BCUT2D eigenvalue weighted by Gasteiger charge is -2.11. The van der Waals surface area contributed by atoms with Gasteiger partial charge in [0, 0.05) is 13.0 Å². The molecule has 0 saturated carbocycles. The van der Waals surface area contributed by atoms with E-state index in [4.69, 9.17) is 4.74 Å². The molecule has 0 atom stereocenters. The highest BCUT2D eigenvalue weighted by atomic mass is 32.2. The molecule has 0 aliphatic heterocycles. The van der Waals surface area contributed by atoms with Gasteiger partial charge in [0.05, 0.1) is 17.1 Å². The molecule has 0 spiro atoms. The number of sulfonamides is 1. The zero-order chi connectivity index (χ0) is 17.6. The number of anilines is 1. The van der Waals surface area contributed by atoms with Gasteiger partial charge in [-0.3, -0.25) is 9.52 Å². The van der Waals surface area contributed by atoms with Gasteiger partial charge in [0.25, 0.3) is 10.0 Å². The summed E-state index contributed by atoms with van der Waals surface area (Å²) in [5.41, 5.74) is 1.40. The molecule has 0 heterocycles. The summed E-state index contributed by atoms with van der Waals surface area (Å²) in [6.07, 6.45) is 0. The number of nitrogens with one attached hydrogen (secondary N) is 2. The van der Waals surface area contributed by atoms with Crippen molar-refractivity contribution in [2.24, 2.45) is 0 Å². The Bertz CT molecular complexity index is 802. The van der Waals surface area contributed by atoms with Gasteiger partial charge in [-0.1, -0.05) is 23.8 Å². The first-order valence-corrected chi connectivity index (χ1v) is 8.92. The topological polar surface area (TPSA) is 84.5 Å². The number of aryl methyl sites for hydroxylation is 1. The molecule has 24 heavy (non-hydrogen) atoms. The fourth-order valence-corrected chi connectivity index (χ4v) is 3.03. The van der Waals surface area contributed by atoms with Crippen LogP contribution in [0.5, 0.6) is 5.75 Å². The molecule has 2 aromatic carbocycles. The van der Waals surface area contributed by atoms with Gasteiger partial charge in [-0.05, 0) is 31.2 Å². The number of ether oxygens (including phenoxy) is 1. The predicted molar refractivity (Wildman–Crippen MR) is 92.6 cm³/mol. The van der Waals surface area contributed by atoms with Crippen LogP contribution < -0.4 is 14.8 Å². The van der Waals surface area contributed by atoms with Crippen molar-refractivity contribution in [3.63, 3.8) is 0 Å². The fraction of sp³-hybridized carbons (Fsp3) is 0.235. The highest BCUT2D eigenvalue weighted by Crippen LogP contribution is 2.21. The molecule has 0 saturated heterocycles. The van der Waals surface area contributed by atoms with Gasteiger partial charge in [0.2, 0.25) is 5.91 Å². The summed E-state index contributed by atoms with van der Waals surface area (Å²) in [5, 5.41) is 2.62. The van der Waals surface area contributed by atoms with Crippen molar-refractivity contribution in [1.29, 1.82) is 0 Å². The van der Waals surface area contributed by atoms with Crippen LogP contribution >= 0.6 is 0 Å². The molecule has 0 aromatic heterocycles. The molecular formula is C17H20N2O4S. The number of carbonyl (C=O) groups is 1. The van der Waals surface area contributed by atoms with Crippen LogP contribution in [-0.2, 0) is 14.8 Å². The first-order valence-electron chi connectivity index (χ1n) is 7.43. The van der Waals surface area contributed by atoms with Crippen molar-refractivity contribution in [3.8, 4) is 5.75 Å². The Morgan fingerprint density at radius 2 is 1.83 bits per heavy atom. The minimum absolute atomic E-state index is 0.127. The number of hydrogen-bond acceptors (Lipinski definition) is 4. The Kier molecular flexibility index (Phi) is 5.81. The second-order valence-corrected chi connectivity index (χ2v) is 6.96. The van der Waals surface area contributed by atoms with Crippen LogP contribution in [0.3, 0.4) is 0 Å². The SMILES string of the molecule is CC(=O)NCCOc1cccc(NS(=O)(=O)c2ccc(C)cc2)c1. The van der Waals surface area contributed by atoms with Gasteiger partial charge in [-0.25, -0.2) is 8.42 Å². The average Bonchev–Trinajstić information content (AvgIpc) is 2.52. The van der Waals surface area contributed by atoms with E-state index in [1.54, 1.807) is 48.5 Å². The fourth-order valence-electron chi connectivity index (χ4n) is 1.98. The lowest BCUT2D eigenvalue weighted by Crippen LogP contribution is -2.25. The van der Waals surface area contributed by atoms with E-state index >= 15 is 0 Å². The maximum atomic E-state index is 12.4. The van der Waals surface area contributed by atoms with Crippen molar-refractivity contribution in [2.75, 3.05) is 17.9 Å². The van der Waals surface area contributed by atoms with Crippen molar-refractivity contribution < 1.29 is 17.9 Å². The number of rotatable bonds is 7. The van der Waals surface area contributed by atoms with E-state index in [1.807, 2.05) is 6.92 Å². The van der Waals surface area contributed by atoms with Crippen LogP contribution in [0.4, 0.5) is 5.69 Å². The molecule has 1 amide bonds. The lowest BCUT2D eigenvalue weighted by molar-refractivity contribution is -0.119. The van der Waals surface area contributed by atoms with Gasteiger partial charge in [0.1, 0.15) is 12.4 Å². The molecule has 2 aromatic rings. The van der Waals surface area contributed by atoms with Gasteiger partial charge < -0.3 is 10.1 Å². The zero-order valence-electron chi connectivity index (χ0n) is 13.6. The minimum Gasteiger partial charge on any atom is -0.492 e. The van der Waals surface area contributed by atoms with Crippen LogP contribution in [0.15, 0.2) is 53.4 Å². The summed E-state index contributed by atoms with van der Waals surface area (Å²) in [7, 11) is -3.65. The molecule has 2 N–H and O–H groups in total. The van der Waals surface area contributed by atoms with Crippen LogP contribution in [0, 0.1) is 6.92 Å². The minimum atomic E-state index is -3.65. The number of amides is 1. The molecule has 6 nitrogen and oxygen atoms in total. The number of hydrogen-bond donors (Lipinski definition) is 2. The molecule has 0 fully saturated rings. The van der Waals surface area contributed by atoms with Gasteiger partial charge in [-0.2, -0.15) is 0 Å². The Morgan fingerprint density at radius 1 is 1.12 bits per heavy atom. The van der Waals surface area contributed by atoms with Crippen LogP contribution in [0.1, 0.15) is 12.5 Å². The van der Waals surface area contributed by atoms with E-state index in [0.29, 0.717) is 24.6 Å². The van der Waals surface area contributed by atoms with E-state index < -0.39 is 10.0 Å². The Hall–Kier alpha value is -2.54. The van der Waals surface area contributed by atoms with Crippen LogP contribution in [-0.4, -0.2) is 27.5 Å². The van der Waals surface area contributed by atoms with Crippen molar-refractivity contribution >= 4 is 21.6 Å². The van der Waals surface area contributed by atoms with E-state index in [2.05, 4.69) is 10.0 Å². The number of carbonyl (C=O) groups excluding carboxylic acids is 1. The van der Waals surface area contributed by atoms with E-state index in [9.17, 15) is 13.2 Å². The van der Waals surface area contributed by atoms with Crippen molar-refractivity contribution in [2.45, 2.75) is 18.7 Å².